The molecule has 0 amide bonds. The molecule has 0 bridgehead atoms. The minimum absolute atomic E-state index is 0.124. The van der Waals surface area contributed by atoms with Crippen LogP contribution in [0.3, 0.4) is 0 Å². The number of nitrogens with two attached hydrogens (primary N) is 1. The van der Waals surface area contributed by atoms with Crippen LogP contribution < -0.4 is 5.14 Å². The fourth-order valence-electron chi connectivity index (χ4n) is 2.50. The minimum atomic E-state index is -4.70. The van der Waals surface area contributed by atoms with Crippen LogP contribution in [0.1, 0.15) is 23.7 Å². The van der Waals surface area contributed by atoms with E-state index in [4.69, 9.17) is 5.14 Å². The van der Waals surface area contributed by atoms with Crippen molar-refractivity contribution in [1.29, 1.82) is 0 Å². The highest BCUT2D eigenvalue weighted by atomic mass is 32.2. The lowest BCUT2D eigenvalue weighted by atomic mass is 10.0. The molecule has 26 heavy (non-hydrogen) atoms. The molecular weight excluding hydrogens is 394 g/mol. The van der Waals surface area contributed by atoms with Crippen LogP contribution in [0.25, 0.3) is 5.69 Å². The van der Waals surface area contributed by atoms with Crippen molar-refractivity contribution in [3.8, 4) is 5.69 Å². The van der Waals surface area contributed by atoms with Gasteiger partial charge in [-0.25, -0.2) is 22.9 Å². The number of allylic oxidation sites excluding steroid dienone is 1. The van der Waals surface area contributed by atoms with Gasteiger partial charge in [-0.15, -0.1) is 11.8 Å². The first-order valence-electron chi connectivity index (χ1n) is 7.21. The van der Waals surface area contributed by atoms with Crippen molar-refractivity contribution in [1.82, 2.24) is 9.55 Å². The molecule has 2 heterocycles. The molecule has 1 aliphatic rings. The summed E-state index contributed by atoms with van der Waals surface area (Å²) in [5.74, 6) is -0.124. The Morgan fingerprint density at radius 3 is 2.35 bits per heavy atom. The maximum absolute atomic E-state index is 14.6. The van der Waals surface area contributed by atoms with E-state index >= 15 is 0 Å². The number of alkyl halides is 4. The van der Waals surface area contributed by atoms with Crippen molar-refractivity contribution in [2.24, 2.45) is 5.14 Å². The number of hydrogen-bond acceptors (Lipinski definition) is 4. The average molecular weight is 407 g/mol. The van der Waals surface area contributed by atoms with Gasteiger partial charge in [-0.1, -0.05) is 0 Å². The Kier molecular flexibility index (Phi) is 4.44. The van der Waals surface area contributed by atoms with Gasteiger partial charge in [0.2, 0.25) is 10.0 Å². The molecule has 2 unspecified atom stereocenters. The minimum Gasteiger partial charge on any atom is -0.302 e. The number of hydrogen-bond donors (Lipinski definition) is 1. The van der Waals surface area contributed by atoms with Gasteiger partial charge in [0.05, 0.1) is 4.90 Å². The Labute approximate surface area is 151 Å². The Bertz CT molecular complexity index is 964. The highest BCUT2D eigenvalue weighted by Crippen LogP contribution is 2.48. The second-order valence-electron chi connectivity index (χ2n) is 5.86. The summed E-state index contributed by atoms with van der Waals surface area (Å²) >= 11 is 1.02. The maximum Gasteiger partial charge on any atom is 0.434 e. The normalized spacial score (nSPS) is 23.5. The Hall–Kier alpha value is -1.85. The Morgan fingerprint density at radius 1 is 1.27 bits per heavy atom. The first-order valence-corrected chi connectivity index (χ1v) is 9.70. The zero-order valence-corrected chi connectivity index (χ0v) is 14.9. The first kappa shape index (κ1) is 18.9. The number of benzene rings is 1. The molecule has 140 valence electrons. The quantitative estimate of drug-likeness (QED) is 0.789. The van der Waals surface area contributed by atoms with Crippen molar-refractivity contribution in [2.75, 3.05) is 0 Å². The van der Waals surface area contributed by atoms with Crippen LogP contribution >= 0.6 is 11.8 Å². The monoisotopic (exact) mass is 407 g/mol. The van der Waals surface area contributed by atoms with E-state index in [9.17, 15) is 26.0 Å². The number of primary sulfonamides is 1. The standard InChI is InChI=1S/C15H13F4N3O2S2/c1-14(16)6-7-25-12(14)13-21-11(15(17,18)19)8-22(13)9-2-4-10(5-3-9)26(20,23)24/h2-8,12H,1H3,(H2,20,23,24). The molecule has 0 aliphatic carbocycles. The van der Waals surface area contributed by atoms with Crippen molar-refractivity contribution in [3.63, 3.8) is 0 Å². The summed E-state index contributed by atoms with van der Waals surface area (Å²) in [6.45, 7) is 1.25. The summed E-state index contributed by atoms with van der Waals surface area (Å²) in [4.78, 5) is 3.41. The van der Waals surface area contributed by atoms with Gasteiger partial charge in [-0.05, 0) is 42.7 Å². The predicted molar refractivity (Wildman–Crippen MR) is 88.9 cm³/mol. The summed E-state index contributed by atoms with van der Waals surface area (Å²) in [5.41, 5.74) is -2.83. The highest BCUT2D eigenvalue weighted by Gasteiger charge is 2.43. The summed E-state index contributed by atoms with van der Waals surface area (Å²) in [6.07, 6.45) is -2.68. The topological polar surface area (TPSA) is 78.0 Å². The highest BCUT2D eigenvalue weighted by molar-refractivity contribution is 8.02. The van der Waals surface area contributed by atoms with Gasteiger partial charge in [0.15, 0.2) is 5.69 Å². The molecule has 0 radical (unpaired) electrons. The fraction of sp³-hybridized carbons (Fsp3) is 0.267. The zero-order valence-electron chi connectivity index (χ0n) is 13.2. The smallest absolute Gasteiger partial charge is 0.302 e. The number of thioether (sulfide) groups is 1. The molecule has 1 aromatic carbocycles. The van der Waals surface area contributed by atoms with Crippen LogP contribution in [0, 0.1) is 0 Å². The molecule has 2 aromatic rings. The largest absolute Gasteiger partial charge is 0.434 e. The van der Waals surface area contributed by atoms with Crippen molar-refractivity contribution < 1.29 is 26.0 Å². The molecule has 0 saturated heterocycles. The maximum atomic E-state index is 14.6. The lowest BCUT2D eigenvalue weighted by molar-refractivity contribution is -0.141. The van der Waals surface area contributed by atoms with Gasteiger partial charge < -0.3 is 4.57 Å². The van der Waals surface area contributed by atoms with Crippen LogP contribution in [0.5, 0.6) is 0 Å². The number of sulfonamides is 1. The summed E-state index contributed by atoms with van der Waals surface area (Å²) < 4.78 is 77.7. The average Bonchev–Trinajstić information content (AvgIpc) is 3.08. The molecule has 3 rings (SSSR count). The van der Waals surface area contributed by atoms with Gasteiger partial charge >= 0.3 is 6.18 Å². The third-order valence-corrected chi connectivity index (χ3v) is 5.99. The van der Waals surface area contributed by atoms with Gasteiger partial charge in [0.25, 0.3) is 0 Å². The molecule has 0 saturated carbocycles. The van der Waals surface area contributed by atoms with E-state index in [0.29, 0.717) is 0 Å². The molecule has 2 N–H and O–H groups in total. The molecule has 1 aromatic heterocycles. The molecule has 2 atom stereocenters. The summed E-state index contributed by atoms with van der Waals surface area (Å²) in [7, 11) is -3.94. The van der Waals surface area contributed by atoms with Gasteiger partial charge in [-0.2, -0.15) is 13.2 Å². The zero-order chi connectivity index (χ0) is 19.3. The lowest BCUT2D eigenvalue weighted by Gasteiger charge is -2.22. The predicted octanol–water partition coefficient (Wildman–Crippen LogP) is 3.57. The molecule has 0 spiro atoms. The van der Waals surface area contributed by atoms with Crippen LogP contribution in [-0.2, 0) is 16.2 Å². The van der Waals surface area contributed by atoms with E-state index in [-0.39, 0.29) is 16.4 Å². The van der Waals surface area contributed by atoms with E-state index in [0.717, 1.165) is 34.7 Å². The van der Waals surface area contributed by atoms with Crippen LogP contribution in [-0.4, -0.2) is 23.6 Å². The van der Waals surface area contributed by atoms with E-state index in [2.05, 4.69) is 4.98 Å². The lowest BCUT2D eigenvalue weighted by Crippen LogP contribution is -2.22. The van der Waals surface area contributed by atoms with Crippen molar-refractivity contribution >= 4 is 21.8 Å². The fourth-order valence-corrected chi connectivity index (χ4v) is 4.15. The van der Waals surface area contributed by atoms with Crippen molar-refractivity contribution in [2.45, 2.75) is 28.9 Å². The number of halogens is 4. The van der Waals surface area contributed by atoms with Crippen molar-refractivity contribution in [3.05, 3.63) is 53.5 Å². The number of aromatic nitrogens is 2. The van der Waals surface area contributed by atoms with Gasteiger partial charge in [0, 0.05) is 11.9 Å². The number of imidazole rings is 1. The number of nitrogens with zero attached hydrogens (tertiary/aromatic N) is 2. The van der Waals surface area contributed by atoms with Crippen LogP contribution in [0.15, 0.2) is 46.8 Å². The third-order valence-electron chi connectivity index (χ3n) is 3.82. The van der Waals surface area contributed by atoms with E-state index in [1.165, 1.54) is 30.5 Å². The van der Waals surface area contributed by atoms with E-state index in [1.807, 2.05) is 0 Å². The Morgan fingerprint density at radius 2 is 1.88 bits per heavy atom. The SMILES string of the molecule is CC1(F)C=CSC1c1nc(C(F)(F)F)cn1-c1ccc(S(N)(=O)=O)cc1. The molecule has 1 aliphatic heterocycles. The molecule has 0 fully saturated rings. The summed E-state index contributed by atoms with van der Waals surface area (Å²) in [5, 5.41) is 5.51. The van der Waals surface area contributed by atoms with E-state index < -0.39 is 32.8 Å². The number of rotatable bonds is 3. The molecule has 11 heteroatoms. The second-order valence-corrected chi connectivity index (χ2v) is 8.44. The Balaban J connectivity index is 2.13. The second kappa shape index (κ2) is 6.10. The van der Waals surface area contributed by atoms with Gasteiger partial charge in [-0.3, -0.25) is 0 Å². The first-order chi connectivity index (χ1) is 11.9. The summed E-state index contributed by atoms with van der Waals surface area (Å²) in [6, 6.07) is 4.90. The molecule has 5 nitrogen and oxygen atoms in total. The van der Waals surface area contributed by atoms with E-state index in [1.54, 1.807) is 0 Å². The van der Waals surface area contributed by atoms with Crippen LogP contribution in [0.4, 0.5) is 17.6 Å². The third kappa shape index (κ3) is 3.51. The van der Waals surface area contributed by atoms with Gasteiger partial charge in [0.1, 0.15) is 16.7 Å². The molecular formula is C15H13F4N3O2S2. The van der Waals surface area contributed by atoms with Crippen LogP contribution in [0.2, 0.25) is 0 Å².